The molecule has 2 N–H and O–H groups in total. The van der Waals surface area contributed by atoms with Crippen LogP contribution in [-0.4, -0.2) is 92.9 Å². The van der Waals surface area contributed by atoms with E-state index >= 15 is 0 Å². The van der Waals surface area contributed by atoms with Crippen molar-refractivity contribution in [3.05, 3.63) is 97.3 Å². The van der Waals surface area contributed by atoms with Crippen LogP contribution in [0.1, 0.15) is 51.1 Å². The van der Waals surface area contributed by atoms with E-state index in [1.807, 2.05) is 18.0 Å². The number of aromatic nitrogens is 5. The van der Waals surface area contributed by atoms with E-state index in [4.69, 9.17) is 21.3 Å². The Balaban J connectivity index is 0.000000378. The Hall–Kier alpha value is -5.62. The third-order valence-corrected chi connectivity index (χ3v) is 9.52. The maximum Gasteiger partial charge on any atom is 0.416 e. The first-order chi connectivity index (χ1) is 26.3. The van der Waals surface area contributed by atoms with Crippen molar-refractivity contribution in [3.63, 3.8) is 0 Å². The minimum absolute atomic E-state index is 0.0378. The molecule has 1 saturated heterocycles. The van der Waals surface area contributed by atoms with E-state index in [1.165, 1.54) is 12.4 Å². The molecule has 3 aromatic heterocycles. The highest BCUT2D eigenvalue weighted by Gasteiger charge is 2.31. The average Bonchev–Trinajstić information content (AvgIpc) is 3.18. The molecule has 0 aliphatic carbocycles. The number of halogens is 4. The van der Waals surface area contributed by atoms with Crippen LogP contribution in [0.5, 0.6) is 5.75 Å². The predicted molar refractivity (Wildman–Crippen MR) is 198 cm³/mol. The summed E-state index contributed by atoms with van der Waals surface area (Å²) in [6.07, 6.45) is 2.46. The molecule has 0 spiro atoms. The Morgan fingerprint density at radius 3 is 2.56 bits per heavy atom. The molecule has 55 heavy (non-hydrogen) atoms. The van der Waals surface area contributed by atoms with Crippen LogP contribution in [0, 0.1) is 6.92 Å². The summed E-state index contributed by atoms with van der Waals surface area (Å²) in [7, 11) is 1.59. The number of ether oxygens (including phenoxy) is 1. The number of alkyl halides is 3. The second-order valence-corrected chi connectivity index (χ2v) is 12.8. The van der Waals surface area contributed by atoms with Crippen LogP contribution < -0.4 is 21.4 Å². The summed E-state index contributed by atoms with van der Waals surface area (Å²) in [6, 6.07) is 3.18. The fourth-order valence-corrected chi connectivity index (χ4v) is 6.60. The highest BCUT2D eigenvalue weighted by molar-refractivity contribution is 6.33. The fraction of sp³-hybridized carbons (Fsp3) is 0.389. The third-order valence-electron chi connectivity index (χ3n) is 9.20. The van der Waals surface area contributed by atoms with Crippen molar-refractivity contribution in [2.24, 2.45) is 10.1 Å². The number of aromatic hydroxyl groups is 1. The van der Waals surface area contributed by atoms with Crippen molar-refractivity contribution in [3.8, 4) is 5.75 Å². The van der Waals surface area contributed by atoms with Crippen LogP contribution >= 0.6 is 11.6 Å². The number of amides is 1. The molecular formula is C36H40ClF3N10O5. The van der Waals surface area contributed by atoms with Gasteiger partial charge in [-0.1, -0.05) is 18.5 Å². The normalized spacial score (nSPS) is 14.5. The summed E-state index contributed by atoms with van der Waals surface area (Å²) < 4.78 is 44.8. The first-order valence-electron chi connectivity index (χ1n) is 17.3. The lowest BCUT2D eigenvalue weighted by atomic mass is 10.0. The number of rotatable bonds is 9. The van der Waals surface area contributed by atoms with Crippen LogP contribution in [0.3, 0.4) is 0 Å². The first kappa shape index (κ1) is 40.6. The quantitative estimate of drug-likeness (QED) is 0.189. The number of benzene rings is 1. The highest BCUT2D eigenvalue weighted by atomic mass is 35.5. The predicted octanol–water partition coefficient (Wildman–Crippen LogP) is 3.61. The van der Waals surface area contributed by atoms with Crippen molar-refractivity contribution in [1.82, 2.24) is 29.1 Å². The van der Waals surface area contributed by atoms with Crippen molar-refractivity contribution in [2.45, 2.75) is 52.6 Å². The lowest BCUT2D eigenvalue weighted by Gasteiger charge is -2.36. The first-order valence-corrected chi connectivity index (χ1v) is 17.6. The van der Waals surface area contributed by atoms with Gasteiger partial charge in [0.2, 0.25) is 5.62 Å². The second-order valence-electron chi connectivity index (χ2n) is 12.4. The van der Waals surface area contributed by atoms with Gasteiger partial charge in [-0.15, -0.1) is 0 Å². The lowest BCUT2D eigenvalue weighted by Crippen LogP contribution is -2.52. The van der Waals surface area contributed by atoms with Crippen molar-refractivity contribution in [1.29, 1.82) is 0 Å². The van der Waals surface area contributed by atoms with E-state index in [0.29, 0.717) is 68.6 Å². The van der Waals surface area contributed by atoms with Crippen molar-refractivity contribution >= 4 is 41.9 Å². The number of hydrogen-bond donors (Lipinski definition) is 2. The zero-order chi connectivity index (χ0) is 39.9. The number of carbonyl (C=O) groups excluding carboxylic acids is 2. The van der Waals surface area contributed by atoms with Crippen LogP contribution in [0.2, 0.25) is 5.02 Å². The van der Waals surface area contributed by atoms with E-state index in [2.05, 4.69) is 32.1 Å². The van der Waals surface area contributed by atoms with E-state index in [1.54, 1.807) is 29.6 Å². The minimum atomic E-state index is -4.34. The number of aryl methyl sites for hydroxylation is 1. The zero-order valence-electron chi connectivity index (χ0n) is 30.4. The maximum atomic E-state index is 13.9. The number of nitrogens with one attached hydrogen (secondary N) is 1. The maximum absolute atomic E-state index is 13.9. The fourth-order valence-electron chi connectivity index (χ4n) is 6.33. The Bertz CT molecular complexity index is 2200. The van der Waals surface area contributed by atoms with E-state index in [-0.39, 0.29) is 35.2 Å². The standard InChI is InChI=1S/C28H33N9O5.C8H7ClF3N/c1-4-22-24(34-6-8-35(9-7-34)26(40)23-25(39)18(2)32-17-33-23)27(41)37(29-3)28(36(22)10-11-38)31-15-20-14-30-13-19-5-12-42-16-21(19)20;1-13-7-3-2-5(4-6(7)9)8(10,11)12/h11,13-14,17,39H,3-10,12,15-16H2,1-2H3;2-4,13H,1H3. The summed E-state index contributed by atoms with van der Waals surface area (Å²) in [5, 5.41) is 17.0. The summed E-state index contributed by atoms with van der Waals surface area (Å²) in [5.41, 5.74) is 3.83. The van der Waals surface area contributed by atoms with Gasteiger partial charge < -0.3 is 34.3 Å². The second kappa shape index (κ2) is 17.7. The van der Waals surface area contributed by atoms with Crippen molar-refractivity contribution in [2.75, 3.05) is 50.1 Å². The van der Waals surface area contributed by atoms with E-state index < -0.39 is 23.2 Å². The van der Waals surface area contributed by atoms with E-state index in [9.17, 15) is 32.7 Å². The van der Waals surface area contributed by atoms with Crippen LogP contribution in [0.4, 0.5) is 24.5 Å². The van der Waals surface area contributed by atoms with Gasteiger partial charge in [0, 0.05) is 52.3 Å². The molecule has 0 bridgehead atoms. The van der Waals surface area contributed by atoms with Gasteiger partial charge in [0.25, 0.3) is 11.5 Å². The number of pyridine rings is 1. The van der Waals surface area contributed by atoms with Gasteiger partial charge in [-0.2, -0.15) is 22.9 Å². The monoisotopic (exact) mass is 784 g/mol. The molecule has 5 heterocycles. The molecule has 15 nitrogen and oxygen atoms in total. The Morgan fingerprint density at radius 1 is 1.18 bits per heavy atom. The molecule has 0 saturated carbocycles. The van der Waals surface area contributed by atoms with Gasteiger partial charge in [0.05, 0.1) is 54.0 Å². The topological polar surface area (TPSA) is 172 Å². The molecule has 4 aromatic rings. The van der Waals surface area contributed by atoms with Crippen LogP contribution in [-0.2, 0) is 48.2 Å². The number of piperazine rings is 1. The average molecular weight is 785 g/mol. The molecule has 2 aliphatic heterocycles. The highest BCUT2D eigenvalue weighted by Crippen LogP contribution is 2.33. The molecule has 19 heteroatoms. The number of nitrogens with zero attached hydrogens (tertiary/aromatic N) is 9. The number of aldehydes is 1. The molecule has 1 aromatic carbocycles. The van der Waals surface area contributed by atoms with E-state index in [0.717, 1.165) is 46.2 Å². The molecule has 0 radical (unpaired) electrons. The van der Waals surface area contributed by atoms with Crippen LogP contribution in [0.25, 0.3) is 0 Å². The molecule has 0 unspecified atom stereocenters. The van der Waals surface area contributed by atoms with Gasteiger partial charge in [0.1, 0.15) is 18.3 Å². The number of carbonyl (C=O) groups is 2. The summed E-state index contributed by atoms with van der Waals surface area (Å²) in [5.74, 6) is -0.654. The van der Waals surface area contributed by atoms with Gasteiger partial charge in [0.15, 0.2) is 11.4 Å². The lowest BCUT2D eigenvalue weighted by molar-refractivity contribution is -0.137. The van der Waals surface area contributed by atoms with Crippen molar-refractivity contribution < 1.29 is 32.6 Å². The molecule has 292 valence electrons. The van der Waals surface area contributed by atoms with Crippen LogP contribution in [0.15, 0.2) is 51.8 Å². The van der Waals surface area contributed by atoms with Gasteiger partial charge in [-0.3, -0.25) is 14.6 Å². The zero-order valence-corrected chi connectivity index (χ0v) is 31.2. The Morgan fingerprint density at radius 2 is 1.93 bits per heavy atom. The summed E-state index contributed by atoms with van der Waals surface area (Å²) in [6.45, 7) is 9.67. The number of fused-ring (bicyclic) bond motifs is 1. The third kappa shape index (κ3) is 8.86. The van der Waals surface area contributed by atoms with Gasteiger partial charge >= 0.3 is 6.18 Å². The molecule has 1 fully saturated rings. The SMILES string of the molecule is C=Nn1c(=O)c(N2CCN(C(=O)c3ncnc(C)c3O)CC2)c(CC)n(CC=O)c1=NCc1cncc2c1COCC2.CNc1ccc(C(F)(F)F)cc1Cl. The number of hydrogen-bond acceptors (Lipinski definition) is 12. The smallest absolute Gasteiger partial charge is 0.416 e. The minimum Gasteiger partial charge on any atom is -0.504 e. The summed E-state index contributed by atoms with van der Waals surface area (Å²) >= 11 is 5.57. The molecule has 6 rings (SSSR count). The molecule has 2 aliphatic rings. The molecular weight excluding hydrogens is 745 g/mol. The van der Waals surface area contributed by atoms with Gasteiger partial charge in [-0.25, -0.2) is 15.0 Å². The number of anilines is 2. The summed E-state index contributed by atoms with van der Waals surface area (Å²) in [4.78, 5) is 59.2. The Labute approximate surface area is 318 Å². The largest absolute Gasteiger partial charge is 0.504 e. The molecule has 0 atom stereocenters. The Kier molecular flexibility index (Phi) is 13.0. The molecule has 1 amide bonds. The van der Waals surface area contributed by atoms with Gasteiger partial charge in [-0.05, 0) is 54.7 Å².